The highest BCUT2D eigenvalue weighted by molar-refractivity contribution is 7.89. The Morgan fingerprint density at radius 3 is 2.00 bits per heavy atom. The first-order valence-corrected chi connectivity index (χ1v) is 10.5. The Kier molecular flexibility index (Phi) is 6.18. The minimum Gasteiger partial charge on any atom is -0.317 e. The van der Waals surface area contributed by atoms with Crippen molar-refractivity contribution in [3.05, 3.63) is 70.5 Å². The summed E-state index contributed by atoms with van der Waals surface area (Å²) in [7, 11) is -0.724. The lowest BCUT2D eigenvalue weighted by atomic mass is 10.2. The van der Waals surface area contributed by atoms with Gasteiger partial charge in [-0.15, -0.1) is 0 Å². The van der Waals surface area contributed by atoms with Gasteiger partial charge < -0.3 is 5.32 Å². The number of hydrogen-bond acceptors (Lipinski definition) is 5. The van der Waals surface area contributed by atoms with Crippen LogP contribution < -0.4 is 5.32 Å². The van der Waals surface area contributed by atoms with Crippen molar-refractivity contribution in [1.29, 1.82) is 0 Å². The molecule has 0 aliphatic rings. The van der Waals surface area contributed by atoms with E-state index in [9.17, 15) is 13.2 Å². The maximum Gasteiger partial charge on any atom is 0.255 e. The Bertz CT molecular complexity index is 1130. The first kappa shape index (κ1) is 21.2. The fourth-order valence-corrected chi connectivity index (χ4v) is 3.79. The number of amides is 1. The second-order valence-electron chi connectivity index (χ2n) is 6.14. The highest BCUT2D eigenvalue weighted by atomic mass is 35.5. The van der Waals surface area contributed by atoms with E-state index in [4.69, 9.17) is 23.2 Å². The molecule has 0 atom stereocenters. The van der Waals surface area contributed by atoms with Gasteiger partial charge in [-0.3, -0.25) is 4.79 Å². The van der Waals surface area contributed by atoms with E-state index in [1.807, 2.05) is 30.3 Å². The summed E-state index contributed by atoms with van der Waals surface area (Å²) >= 11 is 12.4. The predicted octanol–water partition coefficient (Wildman–Crippen LogP) is 3.95. The quantitative estimate of drug-likeness (QED) is 0.593. The second kappa shape index (κ2) is 8.46. The van der Waals surface area contributed by atoms with Crippen LogP contribution in [-0.4, -0.2) is 42.7 Å². The fourth-order valence-electron chi connectivity index (χ4n) is 2.40. The number of anilines is 1. The van der Waals surface area contributed by atoms with Gasteiger partial charge in [-0.2, -0.15) is 0 Å². The first-order valence-electron chi connectivity index (χ1n) is 8.32. The molecule has 0 saturated heterocycles. The summed E-state index contributed by atoms with van der Waals surface area (Å²) < 4.78 is 25.3. The van der Waals surface area contributed by atoms with Crippen LogP contribution in [0.25, 0.3) is 11.4 Å². The van der Waals surface area contributed by atoms with Gasteiger partial charge in [0.2, 0.25) is 10.0 Å². The van der Waals surface area contributed by atoms with Crippen LogP contribution >= 0.6 is 23.2 Å². The lowest BCUT2D eigenvalue weighted by molar-refractivity contribution is 0.102. The molecule has 29 heavy (non-hydrogen) atoms. The van der Waals surface area contributed by atoms with Gasteiger partial charge in [-0.05, 0) is 24.3 Å². The summed E-state index contributed by atoms with van der Waals surface area (Å²) in [6, 6.07) is 14.6. The van der Waals surface area contributed by atoms with Gasteiger partial charge >= 0.3 is 0 Å². The van der Waals surface area contributed by atoms with Crippen molar-refractivity contribution in [3.63, 3.8) is 0 Å². The SMILES string of the molecule is CN(C)S(=O)(=O)c1ccc(C(=O)Nc2c(Cl)nc(-c3ccccc3)nc2Cl)cc1. The zero-order chi connectivity index (χ0) is 21.2. The summed E-state index contributed by atoms with van der Waals surface area (Å²) in [6.45, 7) is 0. The third-order valence-corrected chi connectivity index (χ3v) is 6.36. The van der Waals surface area contributed by atoms with Crippen molar-refractivity contribution in [2.24, 2.45) is 0 Å². The van der Waals surface area contributed by atoms with E-state index in [1.165, 1.54) is 38.4 Å². The number of nitrogens with one attached hydrogen (secondary N) is 1. The molecule has 1 N–H and O–H groups in total. The number of aromatic nitrogens is 2. The molecular weight excluding hydrogens is 435 g/mol. The van der Waals surface area contributed by atoms with Crippen LogP contribution in [0.3, 0.4) is 0 Å². The van der Waals surface area contributed by atoms with Crippen molar-refractivity contribution in [2.75, 3.05) is 19.4 Å². The molecule has 0 bridgehead atoms. The van der Waals surface area contributed by atoms with Gasteiger partial charge in [0.1, 0.15) is 5.69 Å². The van der Waals surface area contributed by atoms with Crippen molar-refractivity contribution < 1.29 is 13.2 Å². The monoisotopic (exact) mass is 450 g/mol. The van der Waals surface area contributed by atoms with Crippen molar-refractivity contribution >= 4 is 44.8 Å². The maximum atomic E-state index is 12.5. The van der Waals surface area contributed by atoms with Crippen LogP contribution in [0.4, 0.5) is 5.69 Å². The average molecular weight is 451 g/mol. The van der Waals surface area contributed by atoms with Crippen LogP contribution in [-0.2, 0) is 10.0 Å². The van der Waals surface area contributed by atoms with E-state index >= 15 is 0 Å². The number of carbonyl (C=O) groups excluding carboxylic acids is 1. The van der Waals surface area contributed by atoms with Gasteiger partial charge in [0, 0.05) is 25.2 Å². The molecule has 3 aromatic rings. The summed E-state index contributed by atoms with van der Waals surface area (Å²) in [5.41, 5.74) is 1.02. The van der Waals surface area contributed by atoms with Gasteiger partial charge in [0.15, 0.2) is 16.1 Å². The Balaban J connectivity index is 1.84. The normalized spacial score (nSPS) is 11.5. The number of carbonyl (C=O) groups is 1. The summed E-state index contributed by atoms with van der Waals surface area (Å²) in [4.78, 5) is 21.0. The Morgan fingerprint density at radius 2 is 1.48 bits per heavy atom. The Labute approximate surface area is 178 Å². The molecule has 0 aliphatic carbocycles. The van der Waals surface area contributed by atoms with Crippen molar-refractivity contribution in [2.45, 2.75) is 4.90 Å². The van der Waals surface area contributed by atoms with Crippen LogP contribution in [0.15, 0.2) is 59.5 Å². The molecule has 0 saturated carbocycles. The van der Waals surface area contributed by atoms with Gasteiger partial charge in [0.05, 0.1) is 4.90 Å². The second-order valence-corrected chi connectivity index (χ2v) is 9.00. The minimum absolute atomic E-state index is 0.0102. The molecule has 0 unspecified atom stereocenters. The van der Waals surface area contributed by atoms with E-state index in [1.54, 1.807) is 0 Å². The zero-order valence-electron chi connectivity index (χ0n) is 15.4. The lowest BCUT2D eigenvalue weighted by Gasteiger charge is -2.12. The van der Waals surface area contributed by atoms with Crippen LogP contribution in [0, 0.1) is 0 Å². The van der Waals surface area contributed by atoms with Gasteiger partial charge in [-0.1, -0.05) is 53.5 Å². The topological polar surface area (TPSA) is 92.3 Å². The molecule has 1 aromatic heterocycles. The van der Waals surface area contributed by atoms with Crippen molar-refractivity contribution in [1.82, 2.24) is 14.3 Å². The van der Waals surface area contributed by atoms with Crippen LogP contribution in [0.5, 0.6) is 0 Å². The Hall–Kier alpha value is -2.52. The summed E-state index contributed by atoms with van der Waals surface area (Å²) in [5.74, 6) is -0.199. The number of halogens is 2. The molecule has 7 nitrogen and oxygen atoms in total. The van der Waals surface area contributed by atoms with E-state index < -0.39 is 15.9 Å². The number of hydrogen-bond donors (Lipinski definition) is 1. The zero-order valence-corrected chi connectivity index (χ0v) is 17.8. The third kappa shape index (κ3) is 4.56. The summed E-state index contributed by atoms with van der Waals surface area (Å²) in [6.07, 6.45) is 0. The number of nitrogens with zero attached hydrogens (tertiary/aromatic N) is 3. The molecule has 2 aromatic carbocycles. The smallest absolute Gasteiger partial charge is 0.255 e. The predicted molar refractivity (Wildman–Crippen MR) is 113 cm³/mol. The molecule has 1 heterocycles. The molecule has 150 valence electrons. The number of sulfonamides is 1. The highest BCUT2D eigenvalue weighted by Crippen LogP contribution is 2.30. The lowest BCUT2D eigenvalue weighted by Crippen LogP contribution is -2.22. The standard InChI is InChI=1S/C19H16Cl2N4O3S/c1-25(2)29(27,28)14-10-8-13(9-11-14)19(26)22-15-16(20)23-18(24-17(15)21)12-6-4-3-5-7-12/h3-11H,1-2H3,(H,22,26). The highest BCUT2D eigenvalue weighted by Gasteiger charge is 2.19. The molecule has 0 spiro atoms. The van der Waals surface area contributed by atoms with E-state index in [0.29, 0.717) is 5.82 Å². The Morgan fingerprint density at radius 1 is 0.931 bits per heavy atom. The van der Waals surface area contributed by atoms with Crippen LogP contribution in [0.2, 0.25) is 10.3 Å². The summed E-state index contributed by atoms with van der Waals surface area (Å²) in [5, 5.41) is 2.55. The number of benzene rings is 2. The van der Waals surface area contributed by atoms with Gasteiger partial charge in [-0.25, -0.2) is 22.7 Å². The molecule has 0 radical (unpaired) electrons. The minimum atomic E-state index is -3.58. The van der Waals surface area contributed by atoms with E-state index in [2.05, 4.69) is 15.3 Å². The number of rotatable bonds is 5. The third-order valence-electron chi connectivity index (χ3n) is 3.99. The molecule has 0 aliphatic heterocycles. The van der Waals surface area contributed by atoms with Gasteiger partial charge in [0.25, 0.3) is 5.91 Å². The molecule has 3 rings (SSSR count). The average Bonchev–Trinajstić information content (AvgIpc) is 2.71. The molecule has 1 amide bonds. The fraction of sp³-hybridized carbons (Fsp3) is 0.105. The van der Waals surface area contributed by atoms with E-state index in [0.717, 1.165) is 9.87 Å². The molecule has 0 fully saturated rings. The van der Waals surface area contributed by atoms with Crippen molar-refractivity contribution in [3.8, 4) is 11.4 Å². The maximum absolute atomic E-state index is 12.5. The molecular formula is C19H16Cl2N4O3S. The largest absolute Gasteiger partial charge is 0.317 e. The van der Waals surface area contributed by atoms with Crippen LogP contribution in [0.1, 0.15) is 10.4 Å². The first-order chi connectivity index (χ1) is 13.7. The van der Waals surface area contributed by atoms with E-state index in [-0.39, 0.29) is 26.5 Å². The molecule has 10 heteroatoms.